The fourth-order valence-corrected chi connectivity index (χ4v) is 4.50. The molecule has 0 radical (unpaired) electrons. The van der Waals surface area contributed by atoms with E-state index in [2.05, 4.69) is 31.8 Å². The number of carbonyl (C=O) groups excluding carboxylic acids is 1. The minimum Gasteiger partial charge on any atom is -0.492 e. The standard InChI is InChI=1S/C27H34N8O2/c1-18(2)32-27(36)33-20-9-7-19(8-10-20)26-24(16-28)23-12-11-22(37-14-13-34(30-3)31-17-29)15-25(23)35(26)21-5-4-6-21/h7-12,15,17-18,21,30H,4-6,13-14H2,1-3H3,(H2,29,31)(H2,32,33,36). The second kappa shape index (κ2) is 11.7. The Morgan fingerprint density at radius 2 is 2.05 bits per heavy atom. The van der Waals surface area contributed by atoms with Crippen molar-refractivity contribution in [3.63, 3.8) is 0 Å². The van der Waals surface area contributed by atoms with Crippen LogP contribution in [0.4, 0.5) is 10.5 Å². The van der Waals surface area contributed by atoms with Crippen molar-refractivity contribution in [3.05, 3.63) is 48.0 Å². The van der Waals surface area contributed by atoms with Crippen molar-refractivity contribution in [2.75, 3.05) is 25.5 Å². The van der Waals surface area contributed by atoms with Crippen molar-refractivity contribution in [3.8, 4) is 23.1 Å². The van der Waals surface area contributed by atoms with E-state index in [0.717, 1.165) is 47.2 Å². The van der Waals surface area contributed by atoms with Gasteiger partial charge in [-0.05, 0) is 62.9 Å². The Labute approximate surface area is 217 Å². The van der Waals surface area contributed by atoms with Crippen LogP contribution in [0.2, 0.25) is 0 Å². The van der Waals surface area contributed by atoms with Crippen molar-refractivity contribution >= 4 is 29.0 Å². The van der Waals surface area contributed by atoms with Gasteiger partial charge in [0.1, 0.15) is 24.8 Å². The highest BCUT2D eigenvalue weighted by Gasteiger charge is 2.28. The van der Waals surface area contributed by atoms with E-state index in [1.807, 2.05) is 56.3 Å². The molecule has 2 aromatic carbocycles. The summed E-state index contributed by atoms with van der Waals surface area (Å²) in [5.74, 6) is 0.727. The van der Waals surface area contributed by atoms with Gasteiger partial charge in [-0.3, -0.25) is 0 Å². The quantitative estimate of drug-likeness (QED) is 0.187. The van der Waals surface area contributed by atoms with Crippen LogP contribution >= 0.6 is 0 Å². The lowest BCUT2D eigenvalue weighted by atomic mass is 9.92. The smallest absolute Gasteiger partial charge is 0.319 e. The summed E-state index contributed by atoms with van der Waals surface area (Å²) in [5, 5.41) is 22.3. The van der Waals surface area contributed by atoms with Crippen LogP contribution in [-0.4, -0.2) is 48.3 Å². The van der Waals surface area contributed by atoms with E-state index in [4.69, 9.17) is 10.5 Å². The average Bonchev–Trinajstić information content (AvgIpc) is 3.15. The van der Waals surface area contributed by atoms with Gasteiger partial charge in [0.25, 0.3) is 0 Å². The van der Waals surface area contributed by atoms with Crippen LogP contribution in [0.25, 0.3) is 22.2 Å². The van der Waals surface area contributed by atoms with Crippen LogP contribution in [0, 0.1) is 11.3 Å². The summed E-state index contributed by atoms with van der Waals surface area (Å²) in [4.78, 5) is 12.1. The second-order valence-corrected chi connectivity index (χ2v) is 9.26. The molecule has 0 unspecified atom stereocenters. The largest absolute Gasteiger partial charge is 0.492 e. The highest BCUT2D eigenvalue weighted by molar-refractivity contribution is 5.96. The van der Waals surface area contributed by atoms with Gasteiger partial charge in [0.15, 0.2) is 0 Å². The molecule has 4 rings (SSSR count). The first-order valence-corrected chi connectivity index (χ1v) is 12.5. The Balaban J connectivity index is 1.66. The number of nitrogens with zero attached hydrogens (tertiary/aromatic N) is 4. The number of ether oxygens (including phenoxy) is 1. The number of aromatic nitrogens is 1. The molecule has 10 heteroatoms. The van der Waals surface area contributed by atoms with Gasteiger partial charge >= 0.3 is 6.03 Å². The third-order valence-corrected chi connectivity index (χ3v) is 6.40. The number of benzene rings is 2. The number of amides is 2. The van der Waals surface area contributed by atoms with E-state index in [0.29, 0.717) is 30.4 Å². The van der Waals surface area contributed by atoms with Crippen LogP contribution in [0.3, 0.4) is 0 Å². The molecule has 194 valence electrons. The first-order chi connectivity index (χ1) is 17.9. The second-order valence-electron chi connectivity index (χ2n) is 9.26. The summed E-state index contributed by atoms with van der Waals surface area (Å²) in [5.41, 5.74) is 12.4. The molecule has 5 N–H and O–H groups in total. The molecule has 1 heterocycles. The zero-order chi connectivity index (χ0) is 26.4. The maximum atomic E-state index is 12.1. The maximum absolute atomic E-state index is 12.1. The molecule has 0 saturated heterocycles. The fourth-order valence-electron chi connectivity index (χ4n) is 4.50. The van der Waals surface area contributed by atoms with Gasteiger partial charge in [-0.25, -0.2) is 15.3 Å². The number of urea groups is 1. The number of fused-ring (bicyclic) bond motifs is 1. The van der Waals surface area contributed by atoms with E-state index in [-0.39, 0.29) is 12.1 Å². The number of anilines is 1. The first kappa shape index (κ1) is 25.9. The molecule has 1 saturated carbocycles. The summed E-state index contributed by atoms with van der Waals surface area (Å²) in [7, 11) is 1.76. The molecule has 37 heavy (non-hydrogen) atoms. The molecular weight excluding hydrogens is 468 g/mol. The molecular formula is C27H34N8O2. The van der Waals surface area contributed by atoms with Gasteiger partial charge in [0.2, 0.25) is 0 Å². The van der Waals surface area contributed by atoms with Gasteiger partial charge in [0, 0.05) is 36.3 Å². The number of nitrogens with two attached hydrogens (primary N) is 1. The first-order valence-electron chi connectivity index (χ1n) is 12.5. The molecule has 1 aromatic heterocycles. The topological polar surface area (TPSA) is 133 Å². The van der Waals surface area contributed by atoms with E-state index in [9.17, 15) is 10.1 Å². The number of rotatable bonds is 10. The molecule has 0 aliphatic heterocycles. The Kier molecular flexibility index (Phi) is 8.15. The highest BCUT2D eigenvalue weighted by atomic mass is 16.5. The van der Waals surface area contributed by atoms with Crippen molar-refractivity contribution in [2.24, 2.45) is 10.8 Å². The number of hydrogen-bond donors (Lipinski definition) is 4. The van der Waals surface area contributed by atoms with Crippen LogP contribution in [-0.2, 0) is 0 Å². The zero-order valence-electron chi connectivity index (χ0n) is 21.5. The number of nitrogens with one attached hydrogen (secondary N) is 3. The number of nitriles is 1. The van der Waals surface area contributed by atoms with E-state index >= 15 is 0 Å². The fraction of sp³-hybridized carbons (Fsp3) is 0.370. The zero-order valence-corrected chi connectivity index (χ0v) is 21.5. The van der Waals surface area contributed by atoms with Crippen LogP contribution in [0.5, 0.6) is 5.75 Å². The van der Waals surface area contributed by atoms with Crippen LogP contribution in [0.1, 0.15) is 44.7 Å². The van der Waals surface area contributed by atoms with Crippen molar-refractivity contribution in [1.29, 1.82) is 5.26 Å². The van der Waals surface area contributed by atoms with Crippen LogP contribution < -0.4 is 26.5 Å². The Hall–Kier alpha value is -4.23. The van der Waals surface area contributed by atoms with E-state index in [1.165, 1.54) is 6.34 Å². The molecule has 10 nitrogen and oxygen atoms in total. The number of carbonyl (C=O) groups is 1. The number of hydrogen-bond acceptors (Lipinski definition) is 6. The summed E-state index contributed by atoms with van der Waals surface area (Å²) >= 11 is 0. The lowest BCUT2D eigenvalue weighted by Gasteiger charge is -2.30. The normalized spacial score (nSPS) is 13.5. The molecule has 1 fully saturated rings. The van der Waals surface area contributed by atoms with Gasteiger partial charge in [-0.15, -0.1) is 0 Å². The molecule has 1 aliphatic carbocycles. The third-order valence-electron chi connectivity index (χ3n) is 6.40. The lowest BCUT2D eigenvalue weighted by molar-refractivity contribution is 0.172. The molecule has 0 spiro atoms. The molecule has 1 aliphatic rings. The Morgan fingerprint density at radius 3 is 2.65 bits per heavy atom. The molecule has 2 amide bonds. The van der Waals surface area contributed by atoms with E-state index < -0.39 is 0 Å². The van der Waals surface area contributed by atoms with Crippen molar-refractivity contribution in [1.82, 2.24) is 20.4 Å². The van der Waals surface area contributed by atoms with Crippen molar-refractivity contribution in [2.45, 2.75) is 45.2 Å². The van der Waals surface area contributed by atoms with E-state index in [1.54, 1.807) is 12.2 Å². The van der Waals surface area contributed by atoms with Crippen molar-refractivity contribution < 1.29 is 9.53 Å². The predicted molar refractivity (Wildman–Crippen MR) is 146 cm³/mol. The summed E-state index contributed by atoms with van der Waals surface area (Å²) < 4.78 is 8.30. The minimum absolute atomic E-state index is 0.0474. The molecule has 3 aromatic rings. The average molecular weight is 503 g/mol. The van der Waals surface area contributed by atoms with Gasteiger partial charge in [-0.1, -0.05) is 12.1 Å². The number of hydrazine groups is 1. The Morgan fingerprint density at radius 1 is 1.30 bits per heavy atom. The van der Waals surface area contributed by atoms with Gasteiger partial charge in [-0.2, -0.15) is 10.4 Å². The highest BCUT2D eigenvalue weighted by Crippen LogP contribution is 2.43. The Bertz CT molecular complexity index is 1300. The van der Waals surface area contributed by atoms with Crippen LogP contribution in [0.15, 0.2) is 47.6 Å². The maximum Gasteiger partial charge on any atom is 0.319 e. The molecule has 0 atom stereocenters. The summed E-state index contributed by atoms with van der Waals surface area (Å²) in [6, 6.07) is 16.1. The summed E-state index contributed by atoms with van der Waals surface area (Å²) in [6.07, 6.45) is 4.52. The lowest BCUT2D eigenvalue weighted by Crippen LogP contribution is -2.34. The SMILES string of the molecule is CNN(CCOc1ccc2c(C#N)c(-c3ccc(NC(=O)NC(C)C)cc3)n(C3CCC3)c2c1)/N=C\N. The predicted octanol–water partition coefficient (Wildman–Crippen LogP) is 4.15. The summed E-state index contributed by atoms with van der Waals surface area (Å²) in [6.45, 7) is 4.74. The third kappa shape index (κ3) is 5.78. The van der Waals surface area contributed by atoms with Gasteiger partial charge < -0.3 is 25.7 Å². The monoisotopic (exact) mass is 502 g/mol. The molecule has 0 bridgehead atoms. The minimum atomic E-state index is -0.246. The number of hydrazone groups is 1. The van der Waals surface area contributed by atoms with Gasteiger partial charge in [0.05, 0.1) is 23.3 Å².